The van der Waals surface area contributed by atoms with Crippen molar-refractivity contribution in [3.05, 3.63) is 50.3 Å². The molecule has 0 saturated carbocycles. The average Bonchev–Trinajstić information content (AvgIpc) is 2.74. The Hall–Kier alpha value is -0.520. The molecule has 18 heavy (non-hydrogen) atoms. The van der Waals surface area contributed by atoms with Gasteiger partial charge in [0.15, 0.2) is 0 Å². The first-order valence-electron chi connectivity index (χ1n) is 6.08. The minimum Gasteiger partial charge on any atom is -0.324 e. The second kappa shape index (κ2) is 4.87. The molecule has 0 amide bonds. The standard InChI is InChI=1S/C14H14ClIN2/c15-11-8-9(16)4-5-14(11)18-7-6-10-12(17)2-1-3-13(10)18/h4-8,12H,1-3,17H2. The van der Waals surface area contributed by atoms with Gasteiger partial charge in [-0.1, -0.05) is 11.6 Å². The second-order valence-electron chi connectivity index (χ2n) is 4.68. The summed E-state index contributed by atoms with van der Waals surface area (Å²) in [7, 11) is 0. The van der Waals surface area contributed by atoms with Crippen molar-refractivity contribution in [2.24, 2.45) is 5.73 Å². The number of hydrogen-bond donors (Lipinski definition) is 1. The van der Waals surface area contributed by atoms with E-state index in [1.165, 1.54) is 11.3 Å². The van der Waals surface area contributed by atoms with Gasteiger partial charge in [0.25, 0.3) is 0 Å². The van der Waals surface area contributed by atoms with Crippen LogP contribution in [0.5, 0.6) is 0 Å². The molecule has 2 N–H and O–H groups in total. The van der Waals surface area contributed by atoms with Crippen molar-refractivity contribution in [1.29, 1.82) is 0 Å². The number of rotatable bonds is 1. The fraction of sp³-hybridized carbons (Fsp3) is 0.286. The first kappa shape index (κ1) is 12.5. The summed E-state index contributed by atoms with van der Waals surface area (Å²) in [4.78, 5) is 0. The molecule has 0 aliphatic heterocycles. The van der Waals surface area contributed by atoms with Crippen LogP contribution in [-0.4, -0.2) is 4.57 Å². The molecule has 1 unspecified atom stereocenters. The van der Waals surface area contributed by atoms with Gasteiger partial charge in [-0.2, -0.15) is 0 Å². The van der Waals surface area contributed by atoms with Gasteiger partial charge in [0, 0.05) is 21.5 Å². The van der Waals surface area contributed by atoms with Gasteiger partial charge in [0.2, 0.25) is 0 Å². The summed E-state index contributed by atoms with van der Waals surface area (Å²) in [6, 6.07) is 8.46. The third-order valence-corrected chi connectivity index (χ3v) is 4.50. The molecule has 1 aliphatic carbocycles. The molecule has 0 fully saturated rings. The van der Waals surface area contributed by atoms with E-state index in [4.69, 9.17) is 17.3 Å². The molecule has 94 valence electrons. The lowest BCUT2D eigenvalue weighted by Gasteiger charge is -2.21. The molecular formula is C14H14ClIN2. The minimum atomic E-state index is 0.178. The van der Waals surface area contributed by atoms with Gasteiger partial charge < -0.3 is 10.3 Å². The number of halogens is 2. The van der Waals surface area contributed by atoms with Crippen molar-refractivity contribution in [2.45, 2.75) is 25.3 Å². The molecule has 1 aromatic carbocycles. The van der Waals surface area contributed by atoms with Gasteiger partial charge >= 0.3 is 0 Å². The van der Waals surface area contributed by atoms with Gasteiger partial charge in [-0.25, -0.2) is 0 Å². The molecule has 1 heterocycles. The normalized spacial score (nSPS) is 18.7. The Labute approximate surface area is 125 Å². The number of hydrogen-bond acceptors (Lipinski definition) is 1. The zero-order valence-electron chi connectivity index (χ0n) is 9.87. The number of nitrogens with zero attached hydrogens (tertiary/aromatic N) is 1. The maximum Gasteiger partial charge on any atom is 0.0656 e. The first-order chi connectivity index (χ1) is 8.66. The molecule has 4 heteroatoms. The minimum absolute atomic E-state index is 0.178. The summed E-state index contributed by atoms with van der Waals surface area (Å²) in [5, 5.41) is 0.791. The van der Waals surface area contributed by atoms with Gasteiger partial charge in [-0.15, -0.1) is 0 Å². The van der Waals surface area contributed by atoms with Crippen LogP contribution in [0, 0.1) is 3.57 Å². The summed E-state index contributed by atoms with van der Waals surface area (Å²) >= 11 is 8.62. The lowest BCUT2D eigenvalue weighted by atomic mass is 9.93. The molecule has 2 aromatic rings. The Morgan fingerprint density at radius 3 is 2.94 bits per heavy atom. The highest BCUT2D eigenvalue weighted by Gasteiger charge is 2.21. The van der Waals surface area contributed by atoms with Crippen LogP contribution in [0.3, 0.4) is 0 Å². The zero-order chi connectivity index (χ0) is 12.7. The van der Waals surface area contributed by atoms with E-state index in [1.54, 1.807) is 0 Å². The predicted octanol–water partition coefficient (Wildman–Crippen LogP) is 4.07. The molecule has 0 saturated heterocycles. The van der Waals surface area contributed by atoms with Crippen LogP contribution in [0.15, 0.2) is 30.5 Å². The second-order valence-corrected chi connectivity index (χ2v) is 6.34. The molecule has 0 radical (unpaired) electrons. The van der Waals surface area contributed by atoms with Gasteiger partial charge in [-0.3, -0.25) is 0 Å². The lowest BCUT2D eigenvalue weighted by molar-refractivity contribution is 0.560. The molecular weight excluding hydrogens is 359 g/mol. The van der Waals surface area contributed by atoms with Crippen molar-refractivity contribution in [3.63, 3.8) is 0 Å². The van der Waals surface area contributed by atoms with Crippen molar-refractivity contribution < 1.29 is 0 Å². The van der Waals surface area contributed by atoms with Crippen LogP contribution in [-0.2, 0) is 6.42 Å². The van der Waals surface area contributed by atoms with E-state index in [0.717, 1.165) is 33.5 Å². The maximum atomic E-state index is 6.34. The first-order valence-corrected chi connectivity index (χ1v) is 7.53. The topological polar surface area (TPSA) is 30.9 Å². The maximum absolute atomic E-state index is 6.34. The van der Waals surface area contributed by atoms with E-state index >= 15 is 0 Å². The Kier molecular flexibility index (Phi) is 3.38. The Morgan fingerprint density at radius 1 is 1.33 bits per heavy atom. The number of nitrogens with two attached hydrogens (primary N) is 1. The van der Waals surface area contributed by atoms with Crippen LogP contribution >= 0.6 is 34.2 Å². The van der Waals surface area contributed by atoms with Crippen molar-refractivity contribution in [2.75, 3.05) is 0 Å². The molecule has 2 nitrogen and oxygen atoms in total. The number of benzene rings is 1. The fourth-order valence-electron chi connectivity index (χ4n) is 2.63. The van der Waals surface area contributed by atoms with E-state index in [9.17, 15) is 0 Å². The van der Waals surface area contributed by atoms with E-state index in [0.29, 0.717) is 0 Å². The van der Waals surface area contributed by atoms with Crippen LogP contribution in [0.2, 0.25) is 5.02 Å². The monoisotopic (exact) mass is 372 g/mol. The van der Waals surface area contributed by atoms with E-state index in [-0.39, 0.29) is 6.04 Å². The van der Waals surface area contributed by atoms with Gasteiger partial charge in [-0.05, 0) is 71.7 Å². The van der Waals surface area contributed by atoms with Crippen LogP contribution in [0.25, 0.3) is 5.69 Å². The molecule has 1 aromatic heterocycles. The summed E-state index contributed by atoms with van der Waals surface area (Å²) in [5.41, 5.74) is 9.79. The van der Waals surface area contributed by atoms with E-state index in [1.807, 2.05) is 6.07 Å². The molecule has 0 spiro atoms. The quantitative estimate of drug-likeness (QED) is 0.752. The SMILES string of the molecule is NC1CCCc2c1ccn2-c1ccc(I)cc1Cl. The molecule has 1 aliphatic rings. The Bertz CT molecular complexity index is 591. The number of aromatic nitrogens is 1. The third-order valence-electron chi connectivity index (χ3n) is 3.52. The van der Waals surface area contributed by atoms with Gasteiger partial charge in [0.1, 0.15) is 0 Å². The van der Waals surface area contributed by atoms with E-state index < -0.39 is 0 Å². The zero-order valence-corrected chi connectivity index (χ0v) is 12.8. The van der Waals surface area contributed by atoms with Crippen LogP contribution in [0.1, 0.15) is 30.1 Å². The van der Waals surface area contributed by atoms with Crippen molar-refractivity contribution >= 4 is 34.2 Å². The van der Waals surface area contributed by atoms with Crippen LogP contribution < -0.4 is 5.73 Å². The highest BCUT2D eigenvalue weighted by atomic mass is 127. The molecule has 1 atom stereocenters. The van der Waals surface area contributed by atoms with Crippen molar-refractivity contribution in [3.8, 4) is 5.69 Å². The highest BCUT2D eigenvalue weighted by Crippen LogP contribution is 2.32. The van der Waals surface area contributed by atoms with Gasteiger partial charge in [0.05, 0.1) is 10.7 Å². The average molecular weight is 373 g/mol. The Morgan fingerprint density at radius 2 is 2.17 bits per heavy atom. The lowest BCUT2D eigenvalue weighted by Crippen LogP contribution is -2.17. The Balaban J connectivity index is 2.12. The third kappa shape index (κ3) is 2.08. The molecule has 0 bridgehead atoms. The highest BCUT2D eigenvalue weighted by molar-refractivity contribution is 14.1. The van der Waals surface area contributed by atoms with E-state index in [2.05, 4.69) is 51.6 Å². The largest absolute Gasteiger partial charge is 0.324 e. The van der Waals surface area contributed by atoms with Crippen LogP contribution in [0.4, 0.5) is 0 Å². The summed E-state index contributed by atoms with van der Waals surface area (Å²) in [6.45, 7) is 0. The number of fused-ring (bicyclic) bond motifs is 1. The summed E-state index contributed by atoms with van der Waals surface area (Å²) in [5.74, 6) is 0. The van der Waals surface area contributed by atoms with Crippen molar-refractivity contribution in [1.82, 2.24) is 4.57 Å². The summed E-state index contributed by atoms with van der Waals surface area (Å²) < 4.78 is 3.34. The smallest absolute Gasteiger partial charge is 0.0656 e. The predicted molar refractivity (Wildman–Crippen MR) is 83.4 cm³/mol. The fourth-order valence-corrected chi connectivity index (χ4v) is 3.58. The molecule has 3 rings (SSSR count). The summed E-state index contributed by atoms with van der Waals surface area (Å²) in [6.07, 6.45) is 5.40.